The Labute approximate surface area is 156 Å². The van der Waals surface area contributed by atoms with E-state index in [9.17, 15) is 5.26 Å². The van der Waals surface area contributed by atoms with E-state index in [1.165, 1.54) is 11.3 Å². The van der Waals surface area contributed by atoms with Crippen LogP contribution in [0.3, 0.4) is 0 Å². The predicted octanol–water partition coefficient (Wildman–Crippen LogP) is 3.94. The first kappa shape index (κ1) is 19.5. The fraction of sp³-hybridized carbons (Fsp3) is 0.333. The van der Waals surface area contributed by atoms with Crippen LogP contribution in [-0.4, -0.2) is 31.5 Å². The van der Waals surface area contributed by atoms with Gasteiger partial charge in [0.15, 0.2) is 5.00 Å². The molecule has 0 spiro atoms. The lowest BCUT2D eigenvalue weighted by atomic mass is 10.2. The molecule has 0 atom stereocenters. The van der Waals surface area contributed by atoms with Gasteiger partial charge in [-0.3, -0.25) is 0 Å². The molecule has 0 fully saturated rings. The molecule has 8 heteroatoms. The molecular formula is C18H19N5O2S. The summed E-state index contributed by atoms with van der Waals surface area (Å²) in [6.07, 6.45) is 0. The second kappa shape index (κ2) is 9.64. The molecule has 1 aromatic heterocycles. The van der Waals surface area contributed by atoms with Crippen LogP contribution in [0.1, 0.15) is 21.6 Å². The Morgan fingerprint density at radius 3 is 2.65 bits per heavy atom. The smallest absolute Gasteiger partial charge is 0.158 e. The zero-order valence-corrected chi connectivity index (χ0v) is 15.4. The van der Waals surface area contributed by atoms with E-state index in [2.05, 4.69) is 27.7 Å². The van der Waals surface area contributed by atoms with E-state index in [0.717, 1.165) is 11.3 Å². The van der Waals surface area contributed by atoms with Crippen molar-refractivity contribution in [1.82, 2.24) is 0 Å². The summed E-state index contributed by atoms with van der Waals surface area (Å²) in [6.45, 7) is 5.16. The van der Waals surface area contributed by atoms with E-state index >= 15 is 0 Å². The van der Waals surface area contributed by atoms with Crippen LogP contribution < -0.4 is 5.32 Å². The summed E-state index contributed by atoms with van der Waals surface area (Å²) >= 11 is 1.17. The topological polar surface area (TPSA) is 114 Å². The molecule has 1 aromatic carbocycles. The van der Waals surface area contributed by atoms with Crippen LogP contribution in [0.15, 0.2) is 28.4 Å². The van der Waals surface area contributed by atoms with Crippen molar-refractivity contribution in [2.75, 3.05) is 31.7 Å². The van der Waals surface area contributed by atoms with Crippen LogP contribution >= 0.6 is 11.3 Å². The second-order valence-corrected chi connectivity index (χ2v) is 6.42. The highest BCUT2D eigenvalue weighted by Gasteiger charge is 2.14. The fourth-order valence-corrected chi connectivity index (χ4v) is 3.09. The summed E-state index contributed by atoms with van der Waals surface area (Å²) in [5.41, 5.74) is 3.61. The van der Waals surface area contributed by atoms with Gasteiger partial charge >= 0.3 is 0 Å². The Hall–Kier alpha value is -2.78. The molecular weight excluding hydrogens is 350 g/mol. The van der Waals surface area contributed by atoms with Crippen molar-refractivity contribution >= 4 is 27.7 Å². The lowest BCUT2D eigenvalue weighted by molar-refractivity contribution is 0.0992. The second-order valence-electron chi connectivity index (χ2n) is 5.42. The standard InChI is InChI=1S/C18H19N5O2S/c1-12-9-14(21-5-7-25-8-6-24)3-4-16(12)22-23-18-15(10-19)13(2)17(11-20)26-18/h3-4,9,21,24H,5-8H2,1-2H3/b23-22+. The first-order chi connectivity index (χ1) is 12.6. The van der Waals surface area contributed by atoms with E-state index in [1.807, 2.05) is 25.1 Å². The molecule has 0 bridgehead atoms. The Morgan fingerprint density at radius 2 is 2.00 bits per heavy atom. The minimum atomic E-state index is 0.0198. The van der Waals surface area contributed by atoms with Gasteiger partial charge in [0.2, 0.25) is 0 Å². The molecule has 0 saturated carbocycles. The number of nitrogens with one attached hydrogen (secondary N) is 1. The van der Waals surface area contributed by atoms with E-state index in [1.54, 1.807) is 6.92 Å². The van der Waals surface area contributed by atoms with Crippen molar-refractivity contribution in [3.8, 4) is 12.1 Å². The fourth-order valence-electron chi connectivity index (χ4n) is 2.22. The third-order valence-electron chi connectivity index (χ3n) is 3.60. The molecule has 26 heavy (non-hydrogen) atoms. The number of nitrogens with zero attached hydrogens (tertiary/aromatic N) is 4. The third-order valence-corrected chi connectivity index (χ3v) is 4.68. The third kappa shape index (κ3) is 4.87. The summed E-state index contributed by atoms with van der Waals surface area (Å²) in [5, 5.41) is 39.0. The van der Waals surface area contributed by atoms with Gasteiger partial charge in [0.1, 0.15) is 17.0 Å². The van der Waals surface area contributed by atoms with Gasteiger partial charge in [-0.15, -0.1) is 21.6 Å². The van der Waals surface area contributed by atoms with Crippen LogP contribution in [0.5, 0.6) is 0 Å². The summed E-state index contributed by atoms with van der Waals surface area (Å²) in [6, 6.07) is 9.84. The molecule has 0 aliphatic rings. The van der Waals surface area contributed by atoms with Crippen LogP contribution in [0.25, 0.3) is 0 Å². The van der Waals surface area contributed by atoms with Crippen molar-refractivity contribution in [1.29, 1.82) is 10.5 Å². The van der Waals surface area contributed by atoms with E-state index in [-0.39, 0.29) is 6.61 Å². The molecule has 7 nitrogen and oxygen atoms in total. The molecule has 2 N–H and O–H groups in total. The van der Waals surface area contributed by atoms with E-state index in [0.29, 0.717) is 46.5 Å². The number of aliphatic hydroxyl groups excluding tert-OH is 1. The van der Waals surface area contributed by atoms with Gasteiger partial charge in [-0.2, -0.15) is 10.5 Å². The predicted molar refractivity (Wildman–Crippen MR) is 100 cm³/mol. The number of aryl methyl sites for hydroxylation is 1. The molecule has 0 unspecified atom stereocenters. The summed E-state index contributed by atoms with van der Waals surface area (Å²) in [5.74, 6) is 0. The molecule has 0 saturated heterocycles. The molecule has 134 valence electrons. The Morgan fingerprint density at radius 1 is 1.19 bits per heavy atom. The van der Waals surface area contributed by atoms with Crippen molar-refractivity contribution in [3.05, 3.63) is 39.8 Å². The summed E-state index contributed by atoms with van der Waals surface area (Å²) < 4.78 is 5.19. The average Bonchev–Trinajstić information content (AvgIpc) is 2.95. The molecule has 2 rings (SSSR count). The van der Waals surface area contributed by atoms with Crippen molar-refractivity contribution in [3.63, 3.8) is 0 Å². The number of azo groups is 1. The average molecular weight is 369 g/mol. The van der Waals surface area contributed by atoms with Crippen molar-refractivity contribution < 1.29 is 9.84 Å². The Balaban J connectivity index is 2.08. The maximum atomic E-state index is 9.25. The van der Waals surface area contributed by atoms with E-state index < -0.39 is 0 Å². The van der Waals surface area contributed by atoms with Gasteiger partial charge in [-0.25, -0.2) is 0 Å². The number of anilines is 1. The molecule has 0 aliphatic carbocycles. The largest absolute Gasteiger partial charge is 0.394 e. The first-order valence-electron chi connectivity index (χ1n) is 7.99. The van der Waals surface area contributed by atoms with Crippen LogP contribution in [0.2, 0.25) is 0 Å². The quantitative estimate of drug-likeness (QED) is 0.540. The number of hydrogen-bond acceptors (Lipinski definition) is 8. The highest BCUT2D eigenvalue weighted by molar-refractivity contribution is 7.16. The van der Waals surface area contributed by atoms with Gasteiger partial charge in [0.25, 0.3) is 0 Å². The number of hydrogen-bond donors (Lipinski definition) is 2. The molecule has 0 aliphatic heterocycles. The van der Waals surface area contributed by atoms with Gasteiger partial charge in [0.05, 0.1) is 31.1 Å². The number of ether oxygens (including phenoxy) is 1. The number of rotatable bonds is 8. The molecule has 0 amide bonds. The van der Waals surface area contributed by atoms with Gasteiger partial charge in [-0.05, 0) is 43.2 Å². The Kier molecular flexibility index (Phi) is 7.24. The SMILES string of the molecule is Cc1cc(NCCOCCO)ccc1/N=N/c1sc(C#N)c(C)c1C#N. The highest BCUT2D eigenvalue weighted by Crippen LogP contribution is 2.35. The van der Waals surface area contributed by atoms with E-state index in [4.69, 9.17) is 15.1 Å². The lowest BCUT2D eigenvalue weighted by Gasteiger charge is -2.08. The zero-order chi connectivity index (χ0) is 18.9. The summed E-state index contributed by atoms with van der Waals surface area (Å²) in [7, 11) is 0. The minimum absolute atomic E-state index is 0.0198. The normalized spacial score (nSPS) is 10.7. The van der Waals surface area contributed by atoms with Gasteiger partial charge < -0.3 is 15.2 Å². The van der Waals surface area contributed by atoms with Crippen LogP contribution in [0.4, 0.5) is 16.4 Å². The van der Waals surface area contributed by atoms with Crippen LogP contribution in [0, 0.1) is 36.5 Å². The lowest BCUT2D eigenvalue weighted by Crippen LogP contribution is -2.11. The van der Waals surface area contributed by atoms with Gasteiger partial charge in [-0.1, -0.05) is 0 Å². The number of aliphatic hydroxyl groups is 1. The highest BCUT2D eigenvalue weighted by atomic mass is 32.1. The number of nitriles is 2. The summed E-state index contributed by atoms with van der Waals surface area (Å²) in [4.78, 5) is 0.482. The van der Waals surface area contributed by atoms with Crippen molar-refractivity contribution in [2.24, 2.45) is 10.2 Å². The number of thiophene rings is 1. The van der Waals surface area contributed by atoms with Gasteiger partial charge in [0, 0.05) is 12.2 Å². The Bertz CT molecular complexity index is 877. The number of benzene rings is 1. The minimum Gasteiger partial charge on any atom is -0.394 e. The zero-order valence-electron chi connectivity index (χ0n) is 14.6. The molecule has 1 heterocycles. The molecule has 0 radical (unpaired) electrons. The maximum Gasteiger partial charge on any atom is 0.158 e. The maximum absolute atomic E-state index is 9.25. The first-order valence-corrected chi connectivity index (χ1v) is 8.80. The monoisotopic (exact) mass is 369 g/mol. The van der Waals surface area contributed by atoms with Crippen molar-refractivity contribution in [2.45, 2.75) is 13.8 Å². The van der Waals surface area contributed by atoms with Crippen LogP contribution in [-0.2, 0) is 4.74 Å². The molecule has 2 aromatic rings.